The van der Waals surface area contributed by atoms with Gasteiger partial charge in [0.25, 0.3) is 5.69 Å². The number of aliphatic hydroxyl groups is 1. The van der Waals surface area contributed by atoms with Crippen molar-refractivity contribution in [1.29, 1.82) is 0 Å². The molecule has 21 heavy (non-hydrogen) atoms. The lowest BCUT2D eigenvalue weighted by Crippen LogP contribution is -2.44. The molecule has 0 saturated carbocycles. The summed E-state index contributed by atoms with van der Waals surface area (Å²) >= 11 is 0. The average Bonchev–Trinajstić information content (AvgIpc) is 2.47. The van der Waals surface area contributed by atoms with E-state index in [1.807, 2.05) is 7.05 Å². The zero-order chi connectivity index (χ0) is 15.4. The van der Waals surface area contributed by atoms with E-state index in [1.165, 1.54) is 6.20 Å². The Morgan fingerprint density at radius 1 is 1.52 bits per heavy atom. The first-order chi connectivity index (χ1) is 10.0. The van der Waals surface area contributed by atoms with Gasteiger partial charge in [0.1, 0.15) is 12.0 Å². The molecule has 0 aliphatic carbocycles. The van der Waals surface area contributed by atoms with Gasteiger partial charge in [-0.3, -0.25) is 10.1 Å². The zero-order valence-electron chi connectivity index (χ0n) is 12.5. The Hall–Kier alpha value is -1.73. The summed E-state index contributed by atoms with van der Waals surface area (Å²) in [5.74, 6) is 0.807. The van der Waals surface area contributed by atoms with Crippen LogP contribution >= 0.6 is 0 Å². The molecule has 7 nitrogen and oxygen atoms in total. The predicted molar refractivity (Wildman–Crippen MR) is 80.6 cm³/mol. The zero-order valence-corrected chi connectivity index (χ0v) is 12.5. The highest BCUT2D eigenvalue weighted by Crippen LogP contribution is 2.24. The molecule has 0 aromatic carbocycles. The van der Waals surface area contributed by atoms with E-state index in [9.17, 15) is 10.1 Å². The number of aryl methyl sites for hydroxylation is 1. The fourth-order valence-electron chi connectivity index (χ4n) is 2.77. The van der Waals surface area contributed by atoms with Gasteiger partial charge in [-0.1, -0.05) is 0 Å². The van der Waals surface area contributed by atoms with Crippen LogP contribution in [0.3, 0.4) is 0 Å². The molecule has 1 aromatic rings. The second kappa shape index (κ2) is 6.82. The second-order valence-corrected chi connectivity index (χ2v) is 5.51. The van der Waals surface area contributed by atoms with E-state index in [-0.39, 0.29) is 12.3 Å². The van der Waals surface area contributed by atoms with Crippen LogP contribution in [0.5, 0.6) is 0 Å². The van der Waals surface area contributed by atoms with Crippen LogP contribution in [-0.4, -0.2) is 59.2 Å². The lowest BCUT2D eigenvalue weighted by molar-refractivity contribution is -0.385. The fourth-order valence-corrected chi connectivity index (χ4v) is 2.77. The van der Waals surface area contributed by atoms with E-state index in [2.05, 4.69) is 14.8 Å². The normalized spacial score (nSPS) is 16.5. The SMILES string of the molecule is Cc1cc(N2CCC(N(C)CCO)CC2)ncc1[N+](=O)[O-]. The Kier molecular flexibility index (Phi) is 5.08. The number of pyridine rings is 1. The first-order valence-electron chi connectivity index (χ1n) is 7.20. The van der Waals surface area contributed by atoms with E-state index in [0.717, 1.165) is 31.7 Å². The molecule has 1 fully saturated rings. The number of hydrogen-bond donors (Lipinski definition) is 1. The first kappa shape index (κ1) is 15.7. The van der Waals surface area contributed by atoms with Crippen molar-refractivity contribution in [2.75, 3.05) is 38.2 Å². The van der Waals surface area contributed by atoms with E-state index in [4.69, 9.17) is 5.11 Å². The quantitative estimate of drug-likeness (QED) is 0.649. The fraction of sp³-hybridized carbons (Fsp3) is 0.643. The van der Waals surface area contributed by atoms with Gasteiger partial charge < -0.3 is 14.9 Å². The summed E-state index contributed by atoms with van der Waals surface area (Å²) in [4.78, 5) is 19.0. The topological polar surface area (TPSA) is 82.7 Å². The van der Waals surface area contributed by atoms with Crippen molar-refractivity contribution in [3.63, 3.8) is 0 Å². The maximum absolute atomic E-state index is 10.8. The second-order valence-electron chi connectivity index (χ2n) is 5.51. The van der Waals surface area contributed by atoms with Crippen LogP contribution in [0.1, 0.15) is 18.4 Å². The van der Waals surface area contributed by atoms with Crippen molar-refractivity contribution in [2.45, 2.75) is 25.8 Å². The summed E-state index contributed by atoms with van der Waals surface area (Å²) in [6.07, 6.45) is 3.36. The molecule has 1 saturated heterocycles. The van der Waals surface area contributed by atoms with Gasteiger partial charge in [0.05, 0.1) is 11.5 Å². The third-order valence-electron chi connectivity index (χ3n) is 4.13. The molecule has 2 rings (SSSR count). The van der Waals surface area contributed by atoms with Crippen LogP contribution in [0.4, 0.5) is 11.5 Å². The predicted octanol–water partition coefficient (Wildman–Crippen LogP) is 1.19. The Labute approximate surface area is 124 Å². The molecule has 0 atom stereocenters. The van der Waals surface area contributed by atoms with Gasteiger partial charge in [0, 0.05) is 31.2 Å². The van der Waals surface area contributed by atoms with E-state index < -0.39 is 4.92 Å². The lowest BCUT2D eigenvalue weighted by Gasteiger charge is -2.37. The number of aromatic nitrogens is 1. The molecule has 0 spiro atoms. The first-order valence-corrected chi connectivity index (χ1v) is 7.20. The molecule has 116 valence electrons. The number of hydrogen-bond acceptors (Lipinski definition) is 6. The third-order valence-corrected chi connectivity index (χ3v) is 4.13. The third kappa shape index (κ3) is 3.68. The molecule has 1 aliphatic heterocycles. The van der Waals surface area contributed by atoms with Crippen LogP contribution in [0.2, 0.25) is 0 Å². The van der Waals surface area contributed by atoms with E-state index >= 15 is 0 Å². The Balaban J connectivity index is 1.99. The van der Waals surface area contributed by atoms with Crippen molar-refractivity contribution in [1.82, 2.24) is 9.88 Å². The summed E-state index contributed by atoms with van der Waals surface area (Å²) in [5, 5.41) is 19.8. The molecule has 2 heterocycles. The van der Waals surface area contributed by atoms with E-state index in [0.29, 0.717) is 18.2 Å². The van der Waals surface area contributed by atoms with E-state index in [1.54, 1.807) is 13.0 Å². The molecule has 0 bridgehead atoms. The van der Waals surface area contributed by atoms with Gasteiger partial charge in [-0.2, -0.15) is 0 Å². The number of aliphatic hydroxyl groups excluding tert-OH is 1. The number of anilines is 1. The number of rotatable bonds is 5. The Morgan fingerprint density at radius 2 is 2.19 bits per heavy atom. The minimum Gasteiger partial charge on any atom is -0.395 e. The number of nitro groups is 1. The minimum absolute atomic E-state index is 0.0660. The molecule has 1 N–H and O–H groups in total. The lowest BCUT2D eigenvalue weighted by atomic mass is 10.0. The van der Waals surface area contributed by atoms with Crippen LogP contribution in [0.25, 0.3) is 0 Å². The number of piperidine rings is 1. The smallest absolute Gasteiger partial charge is 0.290 e. The summed E-state index contributed by atoms with van der Waals surface area (Å²) in [5.41, 5.74) is 0.709. The van der Waals surface area contributed by atoms with Crippen LogP contribution in [-0.2, 0) is 0 Å². The highest BCUT2D eigenvalue weighted by Gasteiger charge is 2.23. The van der Waals surface area contributed by atoms with Crippen molar-refractivity contribution < 1.29 is 10.0 Å². The van der Waals surface area contributed by atoms with Crippen molar-refractivity contribution >= 4 is 11.5 Å². The van der Waals surface area contributed by atoms with Crippen LogP contribution in [0, 0.1) is 17.0 Å². The van der Waals surface area contributed by atoms with Gasteiger partial charge in [-0.05, 0) is 32.9 Å². The highest BCUT2D eigenvalue weighted by atomic mass is 16.6. The summed E-state index contributed by atoms with van der Waals surface area (Å²) in [6, 6.07) is 2.27. The molecule has 0 radical (unpaired) electrons. The van der Waals surface area contributed by atoms with Gasteiger partial charge in [0.15, 0.2) is 0 Å². The van der Waals surface area contributed by atoms with Gasteiger partial charge in [-0.25, -0.2) is 4.98 Å². The molecule has 1 aliphatic rings. The van der Waals surface area contributed by atoms with Gasteiger partial charge >= 0.3 is 0 Å². The number of likely N-dealkylation sites (N-methyl/N-ethyl adjacent to an activating group) is 1. The molecule has 7 heteroatoms. The molecular weight excluding hydrogens is 272 g/mol. The monoisotopic (exact) mass is 294 g/mol. The molecule has 0 amide bonds. The maximum Gasteiger partial charge on any atom is 0.290 e. The van der Waals surface area contributed by atoms with Gasteiger partial charge in [0.2, 0.25) is 0 Å². The van der Waals surface area contributed by atoms with Crippen molar-refractivity contribution in [2.24, 2.45) is 0 Å². The number of nitrogens with zero attached hydrogens (tertiary/aromatic N) is 4. The average molecular weight is 294 g/mol. The van der Waals surface area contributed by atoms with Crippen molar-refractivity contribution in [3.05, 3.63) is 27.9 Å². The van der Waals surface area contributed by atoms with Crippen molar-refractivity contribution in [3.8, 4) is 0 Å². The molecular formula is C14H22N4O3. The minimum atomic E-state index is -0.401. The van der Waals surface area contributed by atoms with Crippen LogP contribution in [0.15, 0.2) is 12.3 Å². The highest BCUT2D eigenvalue weighted by molar-refractivity contribution is 5.48. The summed E-state index contributed by atoms with van der Waals surface area (Å²) in [6.45, 7) is 4.37. The Morgan fingerprint density at radius 3 is 2.71 bits per heavy atom. The maximum atomic E-state index is 10.8. The van der Waals surface area contributed by atoms with Gasteiger partial charge in [-0.15, -0.1) is 0 Å². The van der Waals surface area contributed by atoms with Crippen LogP contribution < -0.4 is 4.90 Å². The summed E-state index contributed by atoms with van der Waals surface area (Å²) < 4.78 is 0. The largest absolute Gasteiger partial charge is 0.395 e. The summed E-state index contributed by atoms with van der Waals surface area (Å²) in [7, 11) is 2.03. The Bertz CT molecular complexity index is 501. The molecule has 1 aromatic heterocycles. The molecule has 0 unspecified atom stereocenters. The standard InChI is InChI=1S/C14H22N4O3/c1-11-9-14(15-10-13(11)18(20)21)17-5-3-12(4-6-17)16(2)7-8-19/h9-10,12,19H,3-8H2,1-2H3.